The molecule has 0 spiro atoms. The molecule has 2 heterocycles. The van der Waals surface area contributed by atoms with E-state index in [1.54, 1.807) is 11.0 Å². The molecule has 4 rings (SSSR count). The molecule has 2 amide bonds. The van der Waals surface area contributed by atoms with Crippen LogP contribution in [0.1, 0.15) is 58.6 Å². The molecular formula is C28H30F4N4O4. The highest BCUT2D eigenvalue weighted by atomic mass is 19.4. The highest BCUT2D eigenvalue weighted by molar-refractivity contribution is 6.36. The molecule has 1 aliphatic carbocycles. The SMILES string of the molecule is C#CCNC(=O)c1cc2c(cc1F)/C(=C/c1[nH]c(C)cc1C)C(=O)N2CC1CCC(N)CC1.O=C(O)C(F)(F)F. The fourth-order valence-corrected chi connectivity index (χ4v) is 4.77. The van der Waals surface area contributed by atoms with E-state index in [2.05, 4.69) is 16.2 Å². The maximum Gasteiger partial charge on any atom is 0.490 e. The number of alkyl halides is 3. The minimum atomic E-state index is -5.08. The van der Waals surface area contributed by atoms with Crippen molar-refractivity contribution in [2.45, 2.75) is 51.7 Å². The topological polar surface area (TPSA) is 129 Å². The van der Waals surface area contributed by atoms with Crippen molar-refractivity contribution in [3.63, 3.8) is 0 Å². The van der Waals surface area contributed by atoms with Gasteiger partial charge in [0, 0.05) is 29.5 Å². The molecule has 1 fully saturated rings. The minimum absolute atomic E-state index is 0.00304. The normalized spacial score (nSPS) is 19.5. The Morgan fingerprint density at radius 1 is 1.23 bits per heavy atom. The highest BCUT2D eigenvalue weighted by Crippen LogP contribution is 2.41. The number of benzene rings is 1. The highest BCUT2D eigenvalue weighted by Gasteiger charge is 2.38. The number of halogens is 4. The van der Waals surface area contributed by atoms with Gasteiger partial charge in [-0.1, -0.05) is 5.92 Å². The molecule has 5 N–H and O–H groups in total. The smallest absolute Gasteiger partial charge is 0.475 e. The summed E-state index contributed by atoms with van der Waals surface area (Å²) in [6.07, 6.45) is 5.62. The number of carbonyl (C=O) groups is 3. The van der Waals surface area contributed by atoms with E-state index in [0.717, 1.165) is 42.6 Å². The first kappa shape index (κ1) is 30.4. The van der Waals surface area contributed by atoms with Crippen molar-refractivity contribution in [2.75, 3.05) is 18.0 Å². The van der Waals surface area contributed by atoms with Crippen LogP contribution >= 0.6 is 0 Å². The van der Waals surface area contributed by atoms with Gasteiger partial charge in [0.1, 0.15) is 5.82 Å². The number of terminal acetylenes is 1. The minimum Gasteiger partial charge on any atom is -0.475 e. The third kappa shape index (κ3) is 7.09. The summed E-state index contributed by atoms with van der Waals surface area (Å²) in [5, 5.41) is 9.63. The second-order valence-electron chi connectivity index (χ2n) is 9.84. The summed E-state index contributed by atoms with van der Waals surface area (Å²) in [4.78, 5) is 39.9. The number of hydrogen-bond acceptors (Lipinski definition) is 4. The van der Waals surface area contributed by atoms with Crippen LogP contribution in [0.15, 0.2) is 18.2 Å². The quantitative estimate of drug-likeness (QED) is 0.247. The molecule has 0 radical (unpaired) electrons. The second-order valence-corrected chi connectivity index (χ2v) is 9.84. The van der Waals surface area contributed by atoms with E-state index in [9.17, 15) is 27.2 Å². The summed E-state index contributed by atoms with van der Waals surface area (Å²) < 4.78 is 46.7. The molecule has 214 valence electrons. The maximum atomic E-state index is 15.0. The van der Waals surface area contributed by atoms with E-state index in [-0.39, 0.29) is 24.1 Å². The number of hydrogen-bond donors (Lipinski definition) is 4. The number of anilines is 1. The zero-order chi connectivity index (χ0) is 29.8. The fourth-order valence-electron chi connectivity index (χ4n) is 4.77. The van der Waals surface area contributed by atoms with Gasteiger partial charge in [0.25, 0.3) is 11.8 Å². The van der Waals surface area contributed by atoms with Gasteiger partial charge in [-0.3, -0.25) is 9.59 Å². The Morgan fingerprint density at radius 3 is 2.38 bits per heavy atom. The van der Waals surface area contributed by atoms with E-state index >= 15 is 0 Å². The van der Waals surface area contributed by atoms with Gasteiger partial charge in [-0.05, 0) is 75.3 Å². The molecule has 1 aromatic carbocycles. The van der Waals surface area contributed by atoms with Crippen LogP contribution in [0.5, 0.6) is 0 Å². The molecule has 12 heteroatoms. The lowest BCUT2D eigenvalue weighted by atomic mass is 9.86. The number of rotatable bonds is 5. The summed E-state index contributed by atoms with van der Waals surface area (Å²) in [5.41, 5.74) is 10.2. The Hall–Kier alpha value is -4.11. The number of nitrogens with two attached hydrogens (primary N) is 1. The largest absolute Gasteiger partial charge is 0.490 e. The van der Waals surface area contributed by atoms with Crippen LogP contribution in [0.4, 0.5) is 23.2 Å². The number of carboxylic acids is 1. The number of H-pyrrole nitrogens is 1. The Morgan fingerprint density at radius 2 is 1.85 bits per heavy atom. The molecule has 0 atom stereocenters. The van der Waals surface area contributed by atoms with Gasteiger partial charge in [-0.15, -0.1) is 6.42 Å². The lowest BCUT2D eigenvalue weighted by Crippen LogP contribution is -2.36. The Labute approximate surface area is 228 Å². The monoisotopic (exact) mass is 562 g/mol. The third-order valence-electron chi connectivity index (χ3n) is 6.79. The van der Waals surface area contributed by atoms with Crippen molar-refractivity contribution in [3.05, 3.63) is 52.1 Å². The van der Waals surface area contributed by atoms with Crippen LogP contribution in [-0.4, -0.2) is 53.2 Å². The molecule has 0 saturated heterocycles. The number of fused-ring (bicyclic) bond motifs is 1. The number of carbonyl (C=O) groups excluding carboxylic acids is 2. The number of aromatic nitrogens is 1. The van der Waals surface area contributed by atoms with Crippen LogP contribution in [0.25, 0.3) is 11.6 Å². The number of nitrogens with zero attached hydrogens (tertiary/aromatic N) is 1. The Bertz CT molecular complexity index is 1370. The molecule has 1 aromatic heterocycles. The average molecular weight is 563 g/mol. The predicted molar refractivity (Wildman–Crippen MR) is 142 cm³/mol. The molecule has 1 saturated carbocycles. The van der Waals surface area contributed by atoms with Crippen molar-refractivity contribution in [2.24, 2.45) is 11.7 Å². The molecular weight excluding hydrogens is 532 g/mol. The molecule has 8 nitrogen and oxygen atoms in total. The van der Waals surface area contributed by atoms with Gasteiger partial charge < -0.3 is 26.0 Å². The van der Waals surface area contributed by atoms with Crippen molar-refractivity contribution in [3.8, 4) is 12.3 Å². The maximum absolute atomic E-state index is 15.0. The summed E-state index contributed by atoms with van der Waals surface area (Å²) in [5.74, 6) is -1.61. The van der Waals surface area contributed by atoms with E-state index < -0.39 is 23.9 Å². The van der Waals surface area contributed by atoms with Crippen LogP contribution in [0.3, 0.4) is 0 Å². The fraction of sp³-hybridized carbons (Fsp3) is 0.393. The van der Waals surface area contributed by atoms with Gasteiger partial charge in [-0.25, -0.2) is 9.18 Å². The van der Waals surface area contributed by atoms with Gasteiger partial charge in [-0.2, -0.15) is 13.2 Å². The molecule has 40 heavy (non-hydrogen) atoms. The van der Waals surface area contributed by atoms with Crippen LogP contribution in [0.2, 0.25) is 0 Å². The first-order valence-corrected chi connectivity index (χ1v) is 12.5. The number of aryl methyl sites for hydroxylation is 2. The zero-order valence-electron chi connectivity index (χ0n) is 22.0. The third-order valence-corrected chi connectivity index (χ3v) is 6.79. The number of nitrogens with one attached hydrogen (secondary N) is 2. The number of carboxylic acid groups (broad SMARTS) is 1. The van der Waals surface area contributed by atoms with E-state index in [1.807, 2.05) is 19.9 Å². The van der Waals surface area contributed by atoms with Crippen molar-refractivity contribution < 1.29 is 37.1 Å². The van der Waals surface area contributed by atoms with Gasteiger partial charge >= 0.3 is 12.1 Å². The van der Waals surface area contributed by atoms with E-state index in [4.69, 9.17) is 22.1 Å². The van der Waals surface area contributed by atoms with Crippen LogP contribution < -0.4 is 16.0 Å². The number of aromatic amines is 1. The molecule has 0 unspecified atom stereocenters. The lowest BCUT2D eigenvalue weighted by Gasteiger charge is -2.30. The van der Waals surface area contributed by atoms with E-state index in [1.165, 1.54) is 12.1 Å². The number of amides is 2. The molecule has 0 bridgehead atoms. The van der Waals surface area contributed by atoms with Gasteiger partial charge in [0.05, 0.1) is 23.4 Å². The van der Waals surface area contributed by atoms with Crippen molar-refractivity contribution in [1.29, 1.82) is 0 Å². The van der Waals surface area contributed by atoms with Crippen molar-refractivity contribution >= 4 is 35.1 Å². The Balaban J connectivity index is 0.000000559. The average Bonchev–Trinajstić information content (AvgIpc) is 3.32. The molecule has 2 aliphatic rings. The summed E-state index contributed by atoms with van der Waals surface area (Å²) in [6.45, 7) is 4.41. The molecule has 2 aromatic rings. The van der Waals surface area contributed by atoms with Crippen molar-refractivity contribution in [1.82, 2.24) is 10.3 Å². The lowest BCUT2D eigenvalue weighted by molar-refractivity contribution is -0.192. The Kier molecular flexibility index (Phi) is 9.42. The van der Waals surface area contributed by atoms with Gasteiger partial charge in [0.2, 0.25) is 0 Å². The summed E-state index contributed by atoms with van der Waals surface area (Å²) >= 11 is 0. The van der Waals surface area contributed by atoms with E-state index in [0.29, 0.717) is 29.3 Å². The molecule has 1 aliphatic heterocycles. The first-order chi connectivity index (χ1) is 18.7. The second kappa shape index (κ2) is 12.4. The predicted octanol–water partition coefficient (Wildman–Crippen LogP) is 4.17. The van der Waals surface area contributed by atoms with Gasteiger partial charge in [0.15, 0.2) is 0 Å². The van der Waals surface area contributed by atoms with Crippen LogP contribution in [-0.2, 0) is 9.59 Å². The standard InChI is InChI=1S/C26H29FN4O2.C2HF3O2/c1-4-9-29-25(32)21-13-24-19(11-22(21)27)20(12-23-15(2)10-16(3)30-23)26(33)31(24)14-17-5-7-18(28)8-6-17;3-2(4,5)1(6)7/h1,10-13,17-18,30H,5-9,14,28H2,2-3H3,(H,29,32);(H,6,7)/b20-12-;. The van der Waals surface area contributed by atoms with Crippen LogP contribution in [0, 0.1) is 37.9 Å². The summed E-state index contributed by atoms with van der Waals surface area (Å²) in [6, 6.07) is 4.95. The first-order valence-electron chi connectivity index (χ1n) is 12.5. The number of aliphatic carboxylic acids is 1. The zero-order valence-corrected chi connectivity index (χ0v) is 22.0. The summed E-state index contributed by atoms with van der Waals surface area (Å²) in [7, 11) is 0.